The molecule has 0 radical (unpaired) electrons. The molecule has 0 amide bonds. The summed E-state index contributed by atoms with van der Waals surface area (Å²) >= 11 is 0. The summed E-state index contributed by atoms with van der Waals surface area (Å²) < 4.78 is 33.4. The van der Waals surface area contributed by atoms with Crippen LogP contribution in [0.3, 0.4) is 0 Å². The number of phosphoric ester groups is 1. The van der Waals surface area contributed by atoms with Gasteiger partial charge in [0, 0.05) is 12.8 Å². The van der Waals surface area contributed by atoms with Gasteiger partial charge in [-0.15, -0.1) is 0 Å². The Morgan fingerprint density at radius 1 is 0.597 bits per heavy atom. The number of hydrogen-bond acceptors (Lipinski definition) is 13. The van der Waals surface area contributed by atoms with Gasteiger partial charge < -0.3 is 45.0 Å². The average molecular weight is 899 g/mol. The van der Waals surface area contributed by atoms with Gasteiger partial charge in [0.05, 0.1) is 12.7 Å². The van der Waals surface area contributed by atoms with Gasteiger partial charge in [0.15, 0.2) is 6.10 Å². The fourth-order valence-corrected chi connectivity index (χ4v) is 7.37. The van der Waals surface area contributed by atoms with Crippen molar-refractivity contribution in [3.8, 4) is 0 Å². The van der Waals surface area contributed by atoms with Crippen molar-refractivity contribution in [2.45, 2.75) is 198 Å². The Labute approximate surface area is 370 Å². The van der Waals surface area contributed by atoms with Crippen LogP contribution in [0.1, 0.15) is 149 Å². The first-order valence-electron chi connectivity index (χ1n) is 22.8. The third-order valence-electron chi connectivity index (χ3n) is 10.1. The van der Waals surface area contributed by atoms with Crippen molar-refractivity contribution >= 4 is 19.8 Å². The minimum absolute atomic E-state index is 0.0185. The molecule has 1 rings (SSSR count). The molecule has 1 fully saturated rings. The average Bonchev–Trinajstić information content (AvgIpc) is 3.25. The molecule has 1 aliphatic rings. The first-order valence-corrected chi connectivity index (χ1v) is 24.3. The van der Waals surface area contributed by atoms with Gasteiger partial charge in [-0.1, -0.05) is 138 Å². The Bertz CT molecular complexity index is 1380. The van der Waals surface area contributed by atoms with E-state index in [-0.39, 0.29) is 12.8 Å². The van der Waals surface area contributed by atoms with Crippen LogP contribution in [0, 0.1) is 0 Å². The van der Waals surface area contributed by atoms with Gasteiger partial charge in [0.25, 0.3) is 0 Å². The number of phosphoric acid groups is 1. The maximum Gasteiger partial charge on any atom is 0.472 e. The van der Waals surface area contributed by atoms with Crippen molar-refractivity contribution in [3.63, 3.8) is 0 Å². The monoisotopic (exact) mass is 899 g/mol. The van der Waals surface area contributed by atoms with E-state index in [1.807, 2.05) is 36.5 Å². The zero-order chi connectivity index (χ0) is 45.9. The summed E-state index contributed by atoms with van der Waals surface area (Å²) in [4.78, 5) is 35.7. The lowest BCUT2D eigenvalue weighted by molar-refractivity contribution is -0.220. The SMILES string of the molecule is CCC=CCC=CCC(O)C=CC=CCC=CCCCC(=O)OC(COC(=O)CCCCCCCC=CCCCCCCCC)COP(=O)(O)OC1C(O)C(O)C(O)C(O)C1O. The smallest absolute Gasteiger partial charge is 0.462 e. The maximum absolute atomic E-state index is 12.8. The molecule has 0 aromatic carbocycles. The fraction of sp³-hybridized carbons (Fsp3) is 0.702. The molecule has 1 saturated carbocycles. The number of hydrogen-bond donors (Lipinski definition) is 7. The van der Waals surface area contributed by atoms with E-state index in [0.717, 1.165) is 51.4 Å². The molecule has 0 heterocycles. The second-order valence-corrected chi connectivity index (χ2v) is 17.1. The van der Waals surface area contributed by atoms with Gasteiger partial charge in [-0.05, 0) is 70.6 Å². The lowest BCUT2D eigenvalue weighted by atomic mass is 9.85. The molecule has 7 unspecified atom stereocenters. The molecule has 0 aromatic rings. The van der Waals surface area contributed by atoms with E-state index >= 15 is 0 Å². The van der Waals surface area contributed by atoms with Crippen LogP contribution in [-0.2, 0) is 32.7 Å². The summed E-state index contributed by atoms with van der Waals surface area (Å²) in [6.07, 6.45) is 28.4. The van der Waals surface area contributed by atoms with Crippen molar-refractivity contribution in [3.05, 3.63) is 72.9 Å². The summed E-state index contributed by atoms with van der Waals surface area (Å²) in [5, 5.41) is 60.2. The van der Waals surface area contributed by atoms with Crippen molar-refractivity contribution in [1.29, 1.82) is 0 Å². The third kappa shape index (κ3) is 28.8. The van der Waals surface area contributed by atoms with Crippen LogP contribution in [0.4, 0.5) is 0 Å². The van der Waals surface area contributed by atoms with E-state index in [9.17, 15) is 49.7 Å². The first kappa shape index (κ1) is 57.3. The van der Waals surface area contributed by atoms with E-state index in [1.54, 1.807) is 12.2 Å². The molecule has 0 bridgehead atoms. The van der Waals surface area contributed by atoms with E-state index < -0.39 is 81.8 Å². The Morgan fingerprint density at radius 2 is 1.13 bits per heavy atom. The summed E-state index contributed by atoms with van der Waals surface area (Å²) in [7, 11) is -5.15. The third-order valence-corrected chi connectivity index (χ3v) is 11.1. The standard InChI is InChI=1S/C47H79O14P/c1-3-5-7-9-11-12-13-14-15-16-17-18-22-26-30-34-40(49)58-36-39(37-59-62(56,57)61-47-45(54)43(52)42(51)44(53)46(47)55)60-41(50)35-31-27-23-20-19-21-25-29-33-38(48)32-28-24-10-8-6-4-2/h6,8,14-15,20-21,23-25,28-29,33,38-39,42-48,51-55H,3-5,7,9-13,16-19,22,26-27,30-32,34-37H2,1-2H3,(H,56,57). The van der Waals surface area contributed by atoms with E-state index in [0.29, 0.717) is 32.1 Å². The summed E-state index contributed by atoms with van der Waals surface area (Å²) in [6.45, 7) is 3.04. The highest BCUT2D eigenvalue weighted by Gasteiger charge is 2.51. The second kappa shape index (κ2) is 36.6. The number of aliphatic hydroxyl groups excluding tert-OH is 6. The topological polar surface area (TPSA) is 230 Å². The number of carbonyl (C=O) groups is 2. The van der Waals surface area contributed by atoms with Gasteiger partial charge in [-0.2, -0.15) is 0 Å². The van der Waals surface area contributed by atoms with Crippen LogP contribution in [0.5, 0.6) is 0 Å². The summed E-state index contributed by atoms with van der Waals surface area (Å²) in [6, 6.07) is 0. The largest absolute Gasteiger partial charge is 0.472 e. The van der Waals surface area contributed by atoms with Gasteiger partial charge in [0.1, 0.15) is 43.2 Å². The summed E-state index contributed by atoms with van der Waals surface area (Å²) in [5.74, 6) is -1.22. The molecular formula is C47H79O14P. The molecule has 62 heavy (non-hydrogen) atoms. The predicted molar refractivity (Wildman–Crippen MR) is 241 cm³/mol. The highest BCUT2D eigenvalue weighted by molar-refractivity contribution is 7.47. The minimum atomic E-state index is -5.15. The number of ether oxygens (including phenoxy) is 2. The molecule has 15 heteroatoms. The second-order valence-electron chi connectivity index (χ2n) is 15.7. The van der Waals surface area contributed by atoms with Crippen LogP contribution in [0.25, 0.3) is 0 Å². The lowest BCUT2D eigenvalue weighted by Gasteiger charge is -2.41. The molecule has 14 nitrogen and oxygen atoms in total. The molecule has 0 spiro atoms. The molecule has 7 atom stereocenters. The molecule has 1 aliphatic carbocycles. The molecule has 7 N–H and O–H groups in total. The number of carbonyl (C=O) groups excluding carboxylic acids is 2. The quantitative estimate of drug-likeness (QED) is 0.0105. The highest BCUT2D eigenvalue weighted by atomic mass is 31.2. The lowest BCUT2D eigenvalue weighted by Crippen LogP contribution is -2.64. The molecule has 0 aliphatic heterocycles. The Balaban J connectivity index is 2.56. The van der Waals surface area contributed by atoms with E-state index in [4.69, 9.17) is 18.5 Å². The van der Waals surface area contributed by atoms with E-state index in [1.165, 1.54) is 38.5 Å². The number of aliphatic hydroxyl groups is 6. The Kier molecular flexibility index (Phi) is 33.8. The van der Waals surface area contributed by atoms with E-state index in [2.05, 4.69) is 38.2 Å². The predicted octanol–water partition coefficient (Wildman–Crippen LogP) is 7.69. The van der Waals surface area contributed by atoms with Gasteiger partial charge in [-0.3, -0.25) is 18.6 Å². The van der Waals surface area contributed by atoms with Crippen LogP contribution < -0.4 is 0 Å². The van der Waals surface area contributed by atoms with Crippen LogP contribution in [0.2, 0.25) is 0 Å². The Hall–Kier alpha value is -2.75. The number of esters is 2. The fourth-order valence-electron chi connectivity index (χ4n) is 6.40. The van der Waals surface area contributed by atoms with Crippen molar-refractivity contribution in [1.82, 2.24) is 0 Å². The van der Waals surface area contributed by atoms with Gasteiger partial charge in [0.2, 0.25) is 0 Å². The first-order chi connectivity index (χ1) is 29.8. The molecule has 356 valence electrons. The van der Waals surface area contributed by atoms with Gasteiger partial charge in [-0.25, -0.2) is 4.57 Å². The zero-order valence-electron chi connectivity index (χ0n) is 37.2. The number of rotatable bonds is 36. The minimum Gasteiger partial charge on any atom is -0.462 e. The molecule has 0 saturated heterocycles. The summed E-state index contributed by atoms with van der Waals surface area (Å²) in [5.41, 5.74) is 0. The normalized spacial score (nSPS) is 23.0. The van der Waals surface area contributed by atoms with Crippen molar-refractivity contribution in [2.24, 2.45) is 0 Å². The van der Waals surface area contributed by atoms with Crippen molar-refractivity contribution < 1.29 is 68.2 Å². The highest BCUT2D eigenvalue weighted by Crippen LogP contribution is 2.47. The van der Waals surface area contributed by atoms with Crippen LogP contribution >= 0.6 is 7.82 Å². The maximum atomic E-state index is 12.8. The van der Waals surface area contributed by atoms with Crippen LogP contribution in [-0.4, -0.2) is 110 Å². The molecule has 0 aromatic heterocycles. The number of unbranched alkanes of at least 4 members (excludes halogenated alkanes) is 12. The number of allylic oxidation sites excluding steroid dienone is 10. The molecular weight excluding hydrogens is 819 g/mol. The Morgan fingerprint density at radius 3 is 1.79 bits per heavy atom. The van der Waals surface area contributed by atoms with Crippen LogP contribution in [0.15, 0.2) is 72.9 Å². The van der Waals surface area contributed by atoms with Crippen molar-refractivity contribution in [2.75, 3.05) is 13.2 Å². The van der Waals surface area contributed by atoms with Gasteiger partial charge >= 0.3 is 19.8 Å². The zero-order valence-corrected chi connectivity index (χ0v) is 38.1.